The number of carboxylic acid groups (broad SMARTS) is 1. The standard InChI is InChI=1S/C21H22F3N3O4S/c1-13-12-26(8-9-27(13)19-7-4-15(11-25-19)21(22,23)24)32(30,31)16-5-2-14-3-6-17(20(28)29)18(14)10-16/h2,4-5,7,10-11,13,17H,3,6,8-9,12H2,1H3,(H,28,29). The minimum atomic E-state index is -4.47. The summed E-state index contributed by atoms with van der Waals surface area (Å²) in [6.45, 7) is 2.31. The Bertz CT molecular complexity index is 1140. The van der Waals surface area contributed by atoms with E-state index in [4.69, 9.17) is 0 Å². The van der Waals surface area contributed by atoms with Crippen molar-refractivity contribution in [2.24, 2.45) is 0 Å². The van der Waals surface area contributed by atoms with Crippen LogP contribution in [0.1, 0.15) is 36.0 Å². The number of aromatic nitrogens is 1. The van der Waals surface area contributed by atoms with E-state index in [2.05, 4.69) is 4.98 Å². The summed E-state index contributed by atoms with van der Waals surface area (Å²) in [5, 5.41) is 9.40. The third kappa shape index (κ3) is 4.06. The largest absolute Gasteiger partial charge is 0.481 e. The minimum Gasteiger partial charge on any atom is -0.481 e. The topological polar surface area (TPSA) is 90.8 Å². The van der Waals surface area contributed by atoms with Crippen molar-refractivity contribution in [2.45, 2.75) is 42.8 Å². The van der Waals surface area contributed by atoms with Crippen molar-refractivity contribution in [3.8, 4) is 0 Å². The summed E-state index contributed by atoms with van der Waals surface area (Å²) in [5.41, 5.74) is 0.550. The highest BCUT2D eigenvalue weighted by molar-refractivity contribution is 7.89. The van der Waals surface area contributed by atoms with Gasteiger partial charge in [0, 0.05) is 31.9 Å². The lowest BCUT2D eigenvalue weighted by Crippen LogP contribution is -2.53. The molecule has 0 spiro atoms. The van der Waals surface area contributed by atoms with Crippen LogP contribution < -0.4 is 4.90 Å². The maximum atomic E-state index is 13.2. The molecule has 1 saturated heterocycles. The summed E-state index contributed by atoms with van der Waals surface area (Å²) in [7, 11) is -3.85. The average molecular weight is 469 g/mol. The van der Waals surface area contributed by atoms with Gasteiger partial charge in [0.2, 0.25) is 10.0 Å². The van der Waals surface area contributed by atoms with Crippen molar-refractivity contribution in [1.82, 2.24) is 9.29 Å². The van der Waals surface area contributed by atoms with Crippen LogP contribution in [-0.2, 0) is 27.4 Å². The summed E-state index contributed by atoms with van der Waals surface area (Å²) in [5.74, 6) is -1.32. The number of halogens is 3. The number of aliphatic carboxylic acids is 1. The minimum absolute atomic E-state index is 0.0534. The van der Waals surface area contributed by atoms with E-state index < -0.39 is 33.7 Å². The van der Waals surface area contributed by atoms with E-state index in [1.54, 1.807) is 17.9 Å². The normalized spacial score (nSPS) is 22.1. The van der Waals surface area contributed by atoms with E-state index in [-0.39, 0.29) is 30.6 Å². The first-order valence-corrected chi connectivity index (χ1v) is 11.6. The molecule has 172 valence electrons. The number of carboxylic acids is 1. The Kier molecular flexibility index (Phi) is 5.66. The summed E-state index contributed by atoms with van der Waals surface area (Å²) in [4.78, 5) is 17.2. The molecule has 2 aliphatic rings. The molecule has 4 rings (SSSR count). The number of aryl methyl sites for hydroxylation is 1. The molecule has 2 atom stereocenters. The fourth-order valence-corrected chi connectivity index (χ4v) is 5.90. The Labute approximate surface area is 183 Å². The number of sulfonamides is 1. The molecule has 32 heavy (non-hydrogen) atoms. The van der Waals surface area contributed by atoms with Gasteiger partial charge in [0.15, 0.2) is 0 Å². The van der Waals surface area contributed by atoms with E-state index in [1.165, 1.54) is 22.5 Å². The number of hydrogen-bond donors (Lipinski definition) is 1. The van der Waals surface area contributed by atoms with Crippen LogP contribution in [0.3, 0.4) is 0 Å². The molecule has 2 heterocycles. The van der Waals surface area contributed by atoms with Gasteiger partial charge in [-0.1, -0.05) is 6.07 Å². The zero-order chi connectivity index (χ0) is 23.3. The molecule has 1 fully saturated rings. The average Bonchev–Trinajstić information content (AvgIpc) is 3.17. The molecule has 2 aromatic rings. The predicted molar refractivity (Wildman–Crippen MR) is 110 cm³/mol. The van der Waals surface area contributed by atoms with Crippen LogP contribution in [0.2, 0.25) is 0 Å². The molecular formula is C21H22F3N3O4S. The molecule has 1 N–H and O–H groups in total. The molecule has 1 aromatic carbocycles. The molecule has 11 heteroatoms. The predicted octanol–water partition coefficient (Wildman–Crippen LogP) is 3.11. The highest BCUT2D eigenvalue weighted by Gasteiger charge is 2.36. The number of piperazine rings is 1. The van der Waals surface area contributed by atoms with Crippen LogP contribution in [0.4, 0.5) is 19.0 Å². The van der Waals surface area contributed by atoms with E-state index >= 15 is 0 Å². The van der Waals surface area contributed by atoms with Gasteiger partial charge in [-0.2, -0.15) is 17.5 Å². The Morgan fingerprint density at radius 1 is 1.19 bits per heavy atom. The van der Waals surface area contributed by atoms with Gasteiger partial charge < -0.3 is 10.0 Å². The van der Waals surface area contributed by atoms with Gasteiger partial charge >= 0.3 is 12.1 Å². The number of carbonyl (C=O) groups is 1. The number of fused-ring (bicyclic) bond motifs is 1. The lowest BCUT2D eigenvalue weighted by molar-refractivity contribution is -0.139. The first-order chi connectivity index (χ1) is 15.0. The van der Waals surface area contributed by atoms with Crippen LogP contribution in [0.15, 0.2) is 41.4 Å². The number of benzene rings is 1. The molecule has 7 nitrogen and oxygen atoms in total. The van der Waals surface area contributed by atoms with Crippen LogP contribution in [0, 0.1) is 0 Å². The van der Waals surface area contributed by atoms with Gasteiger partial charge in [-0.25, -0.2) is 13.4 Å². The molecule has 2 unspecified atom stereocenters. The van der Waals surface area contributed by atoms with Gasteiger partial charge in [0.25, 0.3) is 0 Å². The van der Waals surface area contributed by atoms with Crippen molar-refractivity contribution in [1.29, 1.82) is 0 Å². The van der Waals surface area contributed by atoms with Gasteiger partial charge in [-0.05, 0) is 55.2 Å². The van der Waals surface area contributed by atoms with Crippen molar-refractivity contribution >= 4 is 21.8 Å². The second-order valence-corrected chi connectivity index (χ2v) is 10.0. The highest BCUT2D eigenvalue weighted by Crippen LogP contribution is 2.36. The van der Waals surface area contributed by atoms with Crippen molar-refractivity contribution in [2.75, 3.05) is 24.5 Å². The number of pyridine rings is 1. The van der Waals surface area contributed by atoms with Crippen molar-refractivity contribution in [3.05, 3.63) is 53.2 Å². The summed E-state index contributed by atoms with van der Waals surface area (Å²) >= 11 is 0. The quantitative estimate of drug-likeness (QED) is 0.740. The summed E-state index contributed by atoms with van der Waals surface area (Å²) in [6.07, 6.45) is -2.65. The third-order valence-electron chi connectivity index (χ3n) is 6.09. The number of anilines is 1. The lowest BCUT2D eigenvalue weighted by atomic mass is 10.0. The number of alkyl halides is 3. The van der Waals surface area contributed by atoms with Gasteiger partial charge in [-0.15, -0.1) is 0 Å². The van der Waals surface area contributed by atoms with Gasteiger partial charge in [0.05, 0.1) is 16.4 Å². The van der Waals surface area contributed by atoms with Gasteiger partial charge in [-0.3, -0.25) is 4.79 Å². The molecule has 0 bridgehead atoms. The third-order valence-corrected chi connectivity index (χ3v) is 7.95. The van der Waals surface area contributed by atoms with Crippen LogP contribution in [-0.4, -0.2) is 54.5 Å². The second-order valence-electron chi connectivity index (χ2n) is 8.10. The lowest BCUT2D eigenvalue weighted by Gasteiger charge is -2.40. The molecule has 0 radical (unpaired) electrons. The Balaban J connectivity index is 1.52. The smallest absolute Gasteiger partial charge is 0.417 e. The maximum absolute atomic E-state index is 13.2. The Hall–Kier alpha value is -2.66. The van der Waals surface area contributed by atoms with E-state index in [1.807, 2.05) is 0 Å². The van der Waals surface area contributed by atoms with Crippen LogP contribution in [0.5, 0.6) is 0 Å². The number of nitrogens with zero attached hydrogens (tertiary/aromatic N) is 3. The second kappa shape index (κ2) is 8.04. The maximum Gasteiger partial charge on any atom is 0.417 e. The summed E-state index contributed by atoms with van der Waals surface area (Å²) in [6, 6.07) is 6.58. The fourth-order valence-electron chi connectivity index (χ4n) is 4.35. The van der Waals surface area contributed by atoms with Crippen molar-refractivity contribution in [3.63, 3.8) is 0 Å². The van der Waals surface area contributed by atoms with E-state index in [9.17, 15) is 31.5 Å². The number of hydrogen-bond acceptors (Lipinski definition) is 5. The van der Waals surface area contributed by atoms with E-state index in [0.717, 1.165) is 17.8 Å². The van der Waals surface area contributed by atoms with Crippen LogP contribution in [0.25, 0.3) is 0 Å². The molecule has 0 saturated carbocycles. The van der Waals surface area contributed by atoms with Gasteiger partial charge in [0.1, 0.15) is 5.82 Å². The number of rotatable bonds is 4. The fraction of sp³-hybridized carbons (Fsp3) is 0.429. The molecule has 1 aliphatic heterocycles. The van der Waals surface area contributed by atoms with Crippen molar-refractivity contribution < 1.29 is 31.5 Å². The Morgan fingerprint density at radius 2 is 1.94 bits per heavy atom. The Morgan fingerprint density at radius 3 is 2.53 bits per heavy atom. The zero-order valence-corrected chi connectivity index (χ0v) is 18.0. The molecular weight excluding hydrogens is 447 g/mol. The summed E-state index contributed by atoms with van der Waals surface area (Å²) < 4.78 is 66.1. The zero-order valence-electron chi connectivity index (χ0n) is 17.2. The first kappa shape index (κ1) is 22.5. The molecule has 1 aliphatic carbocycles. The SMILES string of the molecule is CC1CN(S(=O)(=O)c2ccc3c(c2)C(C(=O)O)CC3)CCN1c1ccc(C(F)(F)F)cn1. The monoisotopic (exact) mass is 469 g/mol. The van der Waals surface area contributed by atoms with E-state index in [0.29, 0.717) is 24.2 Å². The highest BCUT2D eigenvalue weighted by atomic mass is 32.2. The first-order valence-electron chi connectivity index (χ1n) is 10.1. The molecule has 0 amide bonds. The van der Waals surface area contributed by atoms with Crippen LogP contribution >= 0.6 is 0 Å². The molecule has 1 aromatic heterocycles.